The van der Waals surface area contributed by atoms with Gasteiger partial charge in [0, 0.05) is 24.5 Å². The van der Waals surface area contributed by atoms with Crippen molar-refractivity contribution in [1.82, 2.24) is 14.9 Å². The second-order valence-corrected chi connectivity index (χ2v) is 6.13. The zero-order valence-electron chi connectivity index (χ0n) is 12.9. The van der Waals surface area contributed by atoms with Gasteiger partial charge in [-0.15, -0.1) is 0 Å². The summed E-state index contributed by atoms with van der Waals surface area (Å²) < 4.78 is 2.04. The van der Waals surface area contributed by atoms with E-state index in [2.05, 4.69) is 54.3 Å². The van der Waals surface area contributed by atoms with Gasteiger partial charge in [0.15, 0.2) is 5.96 Å². The number of hydrogen-bond acceptors (Lipinski definition) is 2. The van der Waals surface area contributed by atoms with Gasteiger partial charge in [-0.05, 0) is 31.9 Å². The van der Waals surface area contributed by atoms with E-state index in [-0.39, 0.29) is 5.54 Å². The average molecular weight is 285 g/mol. The van der Waals surface area contributed by atoms with E-state index in [0.29, 0.717) is 12.5 Å². The molecule has 0 atom stereocenters. The molecule has 5 heteroatoms. The summed E-state index contributed by atoms with van der Waals surface area (Å²) in [7, 11) is 0. The van der Waals surface area contributed by atoms with Gasteiger partial charge in [-0.25, -0.2) is 9.98 Å². The van der Waals surface area contributed by atoms with E-state index in [1.165, 1.54) is 5.56 Å². The van der Waals surface area contributed by atoms with Crippen LogP contribution in [0.25, 0.3) is 0 Å². The number of guanidine groups is 1. The molecule has 5 nitrogen and oxygen atoms in total. The molecule has 1 heterocycles. The van der Waals surface area contributed by atoms with Crippen molar-refractivity contribution < 1.29 is 0 Å². The van der Waals surface area contributed by atoms with Gasteiger partial charge in [0.2, 0.25) is 0 Å². The van der Waals surface area contributed by atoms with Crippen molar-refractivity contribution in [3.63, 3.8) is 0 Å². The number of imidazole rings is 1. The molecule has 112 valence electrons. The van der Waals surface area contributed by atoms with E-state index in [1.54, 1.807) is 6.20 Å². The second-order valence-electron chi connectivity index (χ2n) is 6.13. The highest BCUT2D eigenvalue weighted by Gasteiger charge is 2.09. The molecule has 0 unspecified atom stereocenters. The maximum atomic E-state index is 5.88. The van der Waals surface area contributed by atoms with Crippen LogP contribution in [0.3, 0.4) is 0 Å². The zero-order chi connectivity index (χ0) is 15.3. The molecule has 21 heavy (non-hydrogen) atoms. The van der Waals surface area contributed by atoms with Gasteiger partial charge < -0.3 is 15.6 Å². The fourth-order valence-corrected chi connectivity index (χ4v) is 2.02. The Morgan fingerprint density at radius 3 is 2.76 bits per heavy atom. The summed E-state index contributed by atoms with van der Waals surface area (Å²) in [5.74, 6) is 0.475. The number of nitrogens with two attached hydrogens (primary N) is 1. The minimum atomic E-state index is -0.0726. The van der Waals surface area contributed by atoms with Crippen molar-refractivity contribution in [2.24, 2.45) is 10.7 Å². The summed E-state index contributed by atoms with van der Waals surface area (Å²) in [6.45, 7) is 7.56. The molecule has 0 aliphatic heterocycles. The van der Waals surface area contributed by atoms with Crippen LogP contribution in [0.4, 0.5) is 0 Å². The summed E-state index contributed by atoms with van der Waals surface area (Å²) in [5.41, 5.74) is 8.18. The van der Waals surface area contributed by atoms with Crippen LogP contribution in [0.5, 0.6) is 0 Å². The summed E-state index contributed by atoms with van der Waals surface area (Å²) in [6, 6.07) is 8.35. The van der Waals surface area contributed by atoms with Crippen molar-refractivity contribution in [3.05, 3.63) is 54.1 Å². The van der Waals surface area contributed by atoms with Gasteiger partial charge in [-0.3, -0.25) is 0 Å². The van der Waals surface area contributed by atoms with Gasteiger partial charge in [0.1, 0.15) is 0 Å². The maximum Gasteiger partial charge on any atom is 0.189 e. The average Bonchev–Trinajstić information content (AvgIpc) is 2.88. The molecule has 0 spiro atoms. The Morgan fingerprint density at radius 2 is 2.10 bits per heavy atom. The summed E-state index contributed by atoms with van der Waals surface area (Å²) in [5, 5.41) is 3.16. The third-order valence-electron chi connectivity index (χ3n) is 2.85. The fraction of sp³-hybridized carbons (Fsp3) is 0.375. The van der Waals surface area contributed by atoms with Crippen LogP contribution >= 0.6 is 0 Å². The monoisotopic (exact) mass is 285 g/mol. The summed E-state index contributed by atoms with van der Waals surface area (Å²) in [4.78, 5) is 8.43. The van der Waals surface area contributed by atoms with E-state index < -0.39 is 0 Å². The Kier molecular flexibility index (Phi) is 4.62. The van der Waals surface area contributed by atoms with Gasteiger partial charge >= 0.3 is 0 Å². The molecule has 0 saturated heterocycles. The van der Waals surface area contributed by atoms with Gasteiger partial charge in [0.05, 0.1) is 12.9 Å². The topological polar surface area (TPSA) is 68.2 Å². The maximum absolute atomic E-state index is 5.88. The smallest absolute Gasteiger partial charge is 0.189 e. The highest BCUT2D eigenvalue weighted by molar-refractivity contribution is 5.78. The van der Waals surface area contributed by atoms with Gasteiger partial charge in [-0.2, -0.15) is 0 Å². The highest BCUT2D eigenvalue weighted by Crippen LogP contribution is 2.08. The molecular formula is C16H23N5. The lowest BCUT2D eigenvalue weighted by Gasteiger charge is -2.21. The predicted molar refractivity (Wildman–Crippen MR) is 86.0 cm³/mol. The lowest BCUT2D eigenvalue weighted by molar-refractivity contribution is 0.508. The summed E-state index contributed by atoms with van der Waals surface area (Å²) >= 11 is 0. The van der Waals surface area contributed by atoms with E-state index in [0.717, 1.165) is 12.1 Å². The minimum Gasteiger partial charge on any atom is -0.370 e. The highest BCUT2D eigenvalue weighted by atomic mass is 15.1. The van der Waals surface area contributed by atoms with Crippen LogP contribution in [0.2, 0.25) is 0 Å². The molecule has 0 amide bonds. The lowest BCUT2D eigenvalue weighted by Crippen LogP contribution is -2.44. The predicted octanol–water partition coefficient (Wildman–Crippen LogP) is 2.13. The number of aromatic nitrogens is 2. The van der Waals surface area contributed by atoms with Crippen LogP contribution in [-0.2, 0) is 13.1 Å². The fourth-order valence-electron chi connectivity index (χ4n) is 2.02. The minimum absolute atomic E-state index is 0.0726. The van der Waals surface area contributed by atoms with Crippen molar-refractivity contribution in [2.75, 3.05) is 0 Å². The van der Waals surface area contributed by atoms with Gasteiger partial charge in [-0.1, -0.05) is 24.3 Å². The molecule has 0 aliphatic rings. The molecule has 1 aromatic carbocycles. The number of nitrogens with one attached hydrogen (secondary N) is 1. The normalized spacial score (nSPS) is 12.4. The number of benzene rings is 1. The Hall–Kier alpha value is -2.30. The molecule has 0 saturated carbocycles. The Morgan fingerprint density at radius 1 is 1.33 bits per heavy atom. The van der Waals surface area contributed by atoms with Crippen LogP contribution in [0, 0.1) is 0 Å². The SMILES string of the molecule is CC(C)(C)NC(N)=NCc1cccc(Cn2ccnc2)c1. The molecular weight excluding hydrogens is 262 g/mol. The molecule has 3 N–H and O–H groups in total. The molecule has 2 rings (SSSR count). The van der Waals surface area contributed by atoms with Crippen LogP contribution < -0.4 is 11.1 Å². The van der Waals surface area contributed by atoms with E-state index in [1.807, 2.05) is 23.2 Å². The third-order valence-corrected chi connectivity index (χ3v) is 2.85. The van der Waals surface area contributed by atoms with E-state index >= 15 is 0 Å². The van der Waals surface area contributed by atoms with Crippen molar-refractivity contribution in [2.45, 2.75) is 39.4 Å². The number of hydrogen-bond donors (Lipinski definition) is 2. The Labute approximate surface area is 125 Å². The molecule has 0 radical (unpaired) electrons. The number of nitrogens with zero attached hydrogens (tertiary/aromatic N) is 3. The van der Waals surface area contributed by atoms with Crippen LogP contribution in [0.15, 0.2) is 48.0 Å². The van der Waals surface area contributed by atoms with Crippen LogP contribution in [-0.4, -0.2) is 21.0 Å². The number of aliphatic imine (C=N–C) groups is 1. The molecule has 0 bridgehead atoms. The Balaban J connectivity index is 1.99. The van der Waals surface area contributed by atoms with Crippen molar-refractivity contribution in [1.29, 1.82) is 0 Å². The largest absolute Gasteiger partial charge is 0.370 e. The number of rotatable bonds is 4. The second kappa shape index (κ2) is 6.43. The molecule has 0 fully saturated rings. The molecule has 0 aliphatic carbocycles. The molecule has 1 aromatic heterocycles. The third kappa shape index (κ3) is 5.30. The standard InChI is InChI=1S/C16H23N5/c1-16(2,3)20-15(17)19-10-13-5-4-6-14(9-13)11-21-8-7-18-12-21/h4-9,12H,10-11H2,1-3H3,(H3,17,19,20). The Bertz CT molecular complexity index is 593. The van der Waals surface area contributed by atoms with Crippen molar-refractivity contribution >= 4 is 5.96 Å². The first-order valence-electron chi connectivity index (χ1n) is 7.04. The van der Waals surface area contributed by atoms with E-state index in [4.69, 9.17) is 5.73 Å². The first-order chi connectivity index (χ1) is 9.92. The van der Waals surface area contributed by atoms with Crippen molar-refractivity contribution in [3.8, 4) is 0 Å². The first kappa shape index (κ1) is 15.1. The van der Waals surface area contributed by atoms with Crippen LogP contribution in [0.1, 0.15) is 31.9 Å². The lowest BCUT2D eigenvalue weighted by atomic mass is 10.1. The van der Waals surface area contributed by atoms with Gasteiger partial charge in [0.25, 0.3) is 0 Å². The summed E-state index contributed by atoms with van der Waals surface area (Å²) in [6.07, 6.45) is 5.55. The first-order valence-corrected chi connectivity index (χ1v) is 7.04. The van der Waals surface area contributed by atoms with E-state index in [9.17, 15) is 0 Å². The zero-order valence-corrected chi connectivity index (χ0v) is 12.9. The quantitative estimate of drug-likeness (QED) is 0.668. The molecule has 2 aromatic rings.